The average molecular weight is 203 g/mol. The number of hydrogen-bond acceptors (Lipinski definition) is 4. The monoisotopic (exact) mass is 203 g/mol. The molecule has 0 aromatic heterocycles. The zero-order chi connectivity index (χ0) is 10.8. The van der Waals surface area contributed by atoms with Crippen LogP contribution in [0, 0.1) is 0 Å². The van der Waals surface area contributed by atoms with E-state index in [4.69, 9.17) is 5.73 Å². The van der Waals surface area contributed by atoms with Crippen LogP contribution in [0.3, 0.4) is 0 Å². The first-order chi connectivity index (χ1) is 6.70. The van der Waals surface area contributed by atoms with E-state index in [0.29, 0.717) is 13.2 Å². The lowest BCUT2D eigenvalue weighted by Crippen LogP contribution is -2.33. The number of ether oxygens (including phenoxy) is 1. The molecule has 0 radical (unpaired) electrons. The summed E-state index contributed by atoms with van der Waals surface area (Å²) in [5.74, 6) is 0. The summed E-state index contributed by atoms with van der Waals surface area (Å²) in [6.45, 7) is 9.33. The van der Waals surface area contributed by atoms with Crippen LogP contribution in [-0.2, 0) is 4.74 Å². The summed E-state index contributed by atoms with van der Waals surface area (Å²) < 4.78 is 4.56. The summed E-state index contributed by atoms with van der Waals surface area (Å²) in [5.41, 5.74) is 4.80. The normalized spacial score (nSPS) is 10.5. The van der Waals surface area contributed by atoms with Gasteiger partial charge < -0.3 is 20.7 Å². The molecule has 0 atom stereocenters. The van der Waals surface area contributed by atoms with E-state index in [9.17, 15) is 4.79 Å². The number of nitrogens with zero attached hydrogens (tertiary/aromatic N) is 1. The summed E-state index contributed by atoms with van der Waals surface area (Å²) in [4.78, 5) is 12.5. The number of primary amides is 1. The number of carbonyl (C=O) groups excluding carboxylic acids is 1. The minimum Gasteiger partial charge on any atom is -0.448 e. The Morgan fingerprint density at radius 2 is 2.00 bits per heavy atom. The molecule has 0 aliphatic heterocycles. The Balaban J connectivity index is 3.16. The molecule has 0 saturated heterocycles. The van der Waals surface area contributed by atoms with Crippen LogP contribution in [0.25, 0.3) is 0 Å². The molecule has 1 amide bonds. The van der Waals surface area contributed by atoms with Crippen LogP contribution >= 0.6 is 0 Å². The lowest BCUT2D eigenvalue weighted by atomic mass is 10.4. The van der Waals surface area contributed by atoms with Gasteiger partial charge in [0.05, 0.1) is 0 Å². The van der Waals surface area contributed by atoms with Gasteiger partial charge in [-0.1, -0.05) is 13.8 Å². The molecule has 0 unspecified atom stereocenters. The Bertz CT molecular complexity index is 149. The number of nitrogens with two attached hydrogens (primary N) is 1. The van der Waals surface area contributed by atoms with Crippen molar-refractivity contribution < 1.29 is 9.53 Å². The first-order valence-corrected chi connectivity index (χ1v) is 5.06. The van der Waals surface area contributed by atoms with Crippen molar-refractivity contribution in [2.45, 2.75) is 13.8 Å². The number of rotatable bonds is 8. The third kappa shape index (κ3) is 7.82. The third-order valence-corrected chi connectivity index (χ3v) is 2.02. The van der Waals surface area contributed by atoms with Crippen molar-refractivity contribution in [3.05, 3.63) is 0 Å². The fourth-order valence-electron chi connectivity index (χ4n) is 1.13. The van der Waals surface area contributed by atoms with Crippen molar-refractivity contribution in [1.29, 1.82) is 0 Å². The highest BCUT2D eigenvalue weighted by atomic mass is 16.5. The zero-order valence-corrected chi connectivity index (χ0v) is 9.08. The molecule has 0 aliphatic carbocycles. The topological polar surface area (TPSA) is 67.6 Å². The quantitative estimate of drug-likeness (QED) is 0.545. The molecule has 0 rings (SSSR count). The summed E-state index contributed by atoms with van der Waals surface area (Å²) in [6.07, 6.45) is -0.712. The second kappa shape index (κ2) is 8.77. The van der Waals surface area contributed by atoms with E-state index in [2.05, 4.69) is 28.8 Å². The SMILES string of the molecule is CCN(CC)CCNCCOC(N)=O. The van der Waals surface area contributed by atoms with Gasteiger partial charge in [-0.25, -0.2) is 4.79 Å². The van der Waals surface area contributed by atoms with Gasteiger partial charge >= 0.3 is 6.09 Å². The maximum absolute atomic E-state index is 10.2. The number of amides is 1. The van der Waals surface area contributed by atoms with E-state index in [1.54, 1.807) is 0 Å². The molecule has 5 heteroatoms. The largest absolute Gasteiger partial charge is 0.448 e. The molecule has 14 heavy (non-hydrogen) atoms. The van der Waals surface area contributed by atoms with E-state index in [-0.39, 0.29) is 0 Å². The summed E-state index contributed by atoms with van der Waals surface area (Å²) in [5, 5.41) is 3.17. The molecule has 0 aromatic carbocycles. The molecule has 84 valence electrons. The summed E-state index contributed by atoms with van der Waals surface area (Å²) in [7, 11) is 0. The van der Waals surface area contributed by atoms with E-state index >= 15 is 0 Å². The predicted octanol–water partition coefficient (Wildman–Crippen LogP) is 0.0131. The second-order valence-electron chi connectivity index (χ2n) is 2.94. The first-order valence-electron chi connectivity index (χ1n) is 5.06. The van der Waals surface area contributed by atoms with Gasteiger partial charge in [-0.05, 0) is 13.1 Å². The Labute approximate surface area is 85.6 Å². The average Bonchev–Trinajstić information content (AvgIpc) is 2.16. The minimum atomic E-state index is -0.712. The van der Waals surface area contributed by atoms with Crippen LogP contribution in [0.2, 0.25) is 0 Å². The van der Waals surface area contributed by atoms with E-state index in [1.165, 1.54) is 0 Å². The smallest absolute Gasteiger partial charge is 0.404 e. The Kier molecular flexibility index (Phi) is 8.27. The van der Waals surface area contributed by atoms with Gasteiger partial charge in [0.2, 0.25) is 0 Å². The first kappa shape index (κ1) is 13.2. The van der Waals surface area contributed by atoms with Crippen molar-refractivity contribution in [3.63, 3.8) is 0 Å². The molecule has 0 heterocycles. The van der Waals surface area contributed by atoms with Gasteiger partial charge in [0.1, 0.15) is 6.61 Å². The molecule has 0 aromatic rings. The van der Waals surface area contributed by atoms with Crippen molar-refractivity contribution in [2.24, 2.45) is 5.73 Å². The molecular weight excluding hydrogens is 182 g/mol. The standard InChI is InChI=1S/C9H21N3O2/c1-3-12(4-2)7-5-11-6-8-14-9(10)13/h11H,3-8H2,1-2H3,(H2,10,13). The van der Waals surface area contributed by atoms with Gasteiger partial charge in [0, 0.05) is 19.6 Å². The maximum Gasteiger partial charge on any atom is 0.404 e. The molecule has 5 nitrogen and oxygen atoms in total. The fraction of sp³-hybridized carbons (Fsp3) is 0.889. The summed E-state index contributed by atoms with van der Waals surface area (Å²) >= 11 is 0. The highest BCUT2D eigenvalue weighted by Crippen LogP contribution is 1.83. The highest BCUT2D eigenvalue weighted by Gasteiger charge is 1.97. The van der Waals surface area contributed by atoms with Crippen LogP contribution in [0.5, 0.6) is 0 Å². The lowest BCUT2D eigenvalue weighted by Gasteiger charge is -2.17. The molecule has 3 N–H and O–H groups in total. The van der Waals surface area contributed by atoms with Gasteiger partial charge in [-0.2, -0.15) is 0 Å². The molecule has 0 fully saturated rings. The molecule has 0 bridgehead atoms. The van der Waals surface area contributed by atoms with Crippen molar-refractivity contribution >= 4 is 6.09 Å². The number of likely N-dealkylation sites (N-methyl/N-ethyl adjacent to an activating group) is 1. The second-order valence-corrected chi connectivity index (χ2v) is 2.94. The van der Waals surface area contributed by atoms with Gasteiger partial charge in [0.15, 0.2) is 0 Å². The van der Waals surface area contributed by atoms with Crippen LogP contribution in [0.1, 0.15) is 13.8 Å². The van der Waals surface area contributed by atoms with Crippen LogP contribution < -0.4 is 11.1 Å². The van der Waals surface area contributed by atoms with Gasteiger partial charge in [0.25, 0.3) is 0 Å². The van der Waals surface area contributed by atoms with E-state index in [1.807, 2.05) is 0 Å². The number of nitrogens with one attached hydrogen (secondary N) is 1. The van der Waals surface area contributed by atoms with E-state index < -0.39 is 6.09 Å². The summed E-state index contributed by atoms with van der Waals surface area (Å²) in [6, 6.07) is 0. The van der Waals surface area contributed by atoms with Crippen LogP contribution in [-0.4, -0.2) is 50.3 Å². The number of carbonyl (C=O) groups is 1. The van der Waals surface area contributed by atoms with Crippen molar-refractivity contribution in [1.82, 2.24) is 10.2 Å². The number of hydrogen-bond donors (Lipinski definition) is 2. The molecular formula is C9H21N3O2. The maximum atomic E-state index is 10.2. The van der Waals surface area contributed by atoms with Gasteiger partial charge in [-0.15, -0.1) is 0 Å². The van der Waals surface area contributed by atoms with Gasteiger partial charge in [-0.3, -0.25) is 0 Å². The van der Waals surface area contributed by atoms with Crippen LogP contribution in [0.4, 0.5) is 4.79 Å². The molecule has 0 saturated carbocycles. The van der Waals surface area contributed by atoms with E-state index in [0.717, 1.165) is 26.2 Å². The Morgan fingerprint density at radius 1 is 1.36 bits per heavy atom. The highest BCUT2D eigenvalue weighted by molar-refractivity contribution is 5.64. The van der Waals surface area contributed by atoms with Crippen molar-refractivity contribution in [3.8, 4) is 0 Å². The third-order valence-electron chi connectivity index (χ3n) is 2.02. The minimum absolute atomic E-state index is 0.341. The molecule has 0 spiro atoms. The zero-order valence-electron chi connectivity index (χ0n) is 9.08. The van der Waals surface area contributed by atoms with Crippen molar-refractivity contribution in [2.75, 3.05) is 39.3 Å². The Morgan fingerprint density at radius 3 is 2.50 bits per heavy atom. The lowest BCUT2D eigenvalue weighted by molar-refractivity contribution is 0.157. The molecule has 0 aliphatic rings. The Hall–Kier alpha value is -0.810. The van der Waals surface area contributed by atoms with Crippen LogP contribution in [0.15, 0.2) is 0 Å². The fourth-order valence-corrected chi connectivity index (χ4v) is 1.13. The predicted molar refractivity (Wildman–Crippen MR) is 56.2 cm³/mol.